The number of hydrogen-bond donors (Lipinski definition) is 2. The summed E-state index contributed by atoms with van der Waals surface area (Å²) in [5.74, 6) is 0.734. The van der Waals surface area contributed by atoms with E-state index in [-0.39, 0.29) is 11.5 Å². The van der Waals surface area contributed by atoms with Gasteiger partial charge in [-0.25, -0.2) is 5.10 Å². The molecule has 9 nitrogen and oxygen atoms in total. The van der Waals surface area contributed by atoms with Crippen molar-refractivity contribution in [3.63, 3.8) is 0 Å². The standard InChI is InChI=1S/C24H23N7O2/c1-3-7-20-19(23(33)26-24-25-22(32)14(2)31(20)24)13-15-10-11-17(16-8-5-4-6-9-16)18(12-15)21-27-29-30-28-21/h4-6,8-12,14H,3,7,13H2,1-2H3,(H,25,26,32,33)(H,27,28,29,30). The molecule has 1 atom stereocenters. The Bertz CT molecular complexity index is 1380. The van der Waals surface area contributed by atoms with Crippen LogP contribution < -0.4 is 10.9 Å². The minimum absolute atomic E-state index is 0.149. The minimum atomic E-state index is -0.398. The Morgan fingerprint density at radius 2 is 1.88 bits per heavy atom. The van der Waals surface area contributed by atoms with E-state index in [1.807, 2.05) is 60.0 Å². The molecule has 33 heavy (non-hydrogen) atoms. The third kappa shape index (κ3) is 3.71. The lowest BCUT2D eigenvalue weighted by Gasteiger charge is -2.17. The molecule has 166 valence electrons. The van der Waals surface area contributed by atoms with Crippen LogP contribution in [0, 0.1) is 0 Å². The molecule has 0 aliphatic carbocycles. The van der Waals surface area contributed by atoms with E-state index >= 15 is 0 Å². The first-order valence-corrected chi connectivity index (χ1v) is 10.9. The molecule has 0 spiro atoms. The van der Waals surface area contributed by atoms with Crippen LogP contribution in [0.2, 0.25) is 0 Å². The fraction of sp³-hybridized carbons (Fsp3) is 0.250. The number of aromatic nitrogens is 6. The van der Waals surface area contributed by atoms with Gasteiger partial charge in [0.1, 0.15) is 6.04 Å². The lowest BCUT2D eigenvalue weighted by atomic mass is 9.94. The molecular weight excluding hydrogens is 418 g/mol. The highest BCUT2D eigenvalue weighted by Gasteiger charge is 2.31. The number of tetrazole rings is 1. The van der Waals surface area contributed by atoms with Gasteiger partial charge in [-0.15, -0.1) is 5.10 Å². The van der Waals surface area contributed by atoms with Crippen molar-refractivity contribution in [2.24, 2.45) is 0 Å². The van der Waals surface area contributed by atoms with Gasteiger partial charge in [-0.2, -0.15) is 4.98 Å². The smallest absolute Gasteiger partial charge is 0.278 e. The second-order valence-corrected chi connectivity index (χ2v) is 8.12. The van der Waals surface area contributed by atoms with Gasteiger partial charge in [0.15, 0.2) is 5.82 Å². The third-order valence-corrected chi connectivity index (χ3v) is 5.97. The largest absolute Gasteiger partial charge is 0.303 e. The maximum absolute atomic E-state index is 13.0. The summed E-state index contributed by atoms with van der Waals surface area (Å²) in [6, 6.07) is 15.6. The van der Waals surface area contributed by atoms with Gasteiger partial charge in [0, 0.05) is 23.2 Å². The molecule has 0 saturated heterocycles. The quantitative estimate of drug-likeness (QED) is 0.475. The van der Waals surface area contributed by atoms with Gasteiger partial charge in [0.2, 0.25) is 11.9 Å². The highest BCUT2D eigenvalue weighted by molar-refractivity contribution is 5.95. The number of benzene rings is 2. The zero-order chi connectivity index (χ0) is 22.9. The molecule has 3 heterocycles. The van der Waals surface area contributed by atoms with Crippen LogP contribution in [-0.4, -0.2) is 36.1 Å². The number of nitrogens with one attached hydrogen (secondary N) is 2. The fourth-order valence-electron chi connectivity index (χ4n) is 4.38. The molecule has 1 aliphatic rings. The summed E-state index contributed by atoms with van der Waals surface area (Å²) in [4.78, 5) is 29.4. The van der Waals surface area contributed by atoms with Crippen LogP contribution in [-0.2, 0) is 17.6 Å². The number of amides is 1. The first-order valence-electron chi connectivity index (χ1n) is 10.9. The molecule has 2 aromatic heterocycles. The van der Waals surface area contributed by atoms with Crippen LogP contribution in [0.4, 0.5) is 5.95 Å². The average Bonchev–Trinajstić information content (AvgIpc) is 3.45. The molecule has 1 amide bonds. The molecule has 9 heteroatoms. The first-order chi connectivity index (χ1) is 16.1. The lowest BCUT2D eigenvalue weighted by molar-refractivity contribution is -0.117. The number of aromatic amines is 1. The maximum Gasteiger partial charge on any atom is 0.278 e. The van der Waals surface area contributed by atoms with Crippen molar-refractivity contribution in [3.8, 4) is 22.5 Å². The Balaban J connectivity index is 1.62. The van der Waals surface area contributed by atoms with Crippen molar-refractivity contribution < 1.29 is 4.79 Å². The summed E-state index contributed by atoms with van der Waals surface area (Å²) in [5.41, 5.74) is 4.96. The number of nitrogens with zero attached hydrogens (tertiary/aromatic N) is 5. The van der Waals surface area contributed by atoms with Gasteiger partial charge in [-0.1, -0.05) is 55.8 Å². The van der Waals surface area contributed by atoms with E-state index < -0.39 is 6.04 Å². The van der Waals surface area contributed by atoms with Crippen LogP contribution in [0.3, 0.4) is 0 Å². The van der Waals surface area contributed by atoms with E-state index in [9.17, 15) is 9.59 Å². The summed E-state index contributed by atoms with van der Waals surface area (Å²) in [6.45, 7) is 3.88. The molecule has 4 aromatic rings. The highest BCUT2D eigenvalue weighted by atomic mass is 16.2. The van der Waals surface area contributed by atoms with E-state index in [1.165, 1.54) is 0 Å². The average molecular weight is 441 g/mol. The molecule has 2 N–H and O–H groups in total. The van der Waals surface area contributed by atoms with Crippen molar-refractivity contribution in [2.75, 3.05) is 5.32 Å². The SMILES string of the molecule is CCCc1c(Cc2ccc(-c3ccccc3)c(-c3nnn[nH]3)c2)c(=O)nc2n1C(C)C(=O)N2. The molecule has 1 aliphatic heterocycles. The first kappa shape index (κ1) is 20.7. The number of H-pyrrole nitrogens is 1. The predicted octanol–water partition coefficient (Wildman–Crippen LogP) is 3.15. The van der Waals surface area contributed by atoms with Crippen LogP contribution in [0.5, 0.6) is 0 Å². The molecule has 0 fully saturated rings. The zero-order valence-electron chi connectivity index (χ0n) is 18.4. The van der Waals surface area contributed by atoms with Gasteiger partial charge >= 0.3 is 0 Å². The van der Waals surface area contributed by atoms with Crippen LogP contribution in [0.15, 0.2) is 53.3 Å². The van der Waals surface area contributed by atoms with E-state index in [1.54, 1.807) is 0 Å². The van der Waals surface area contributed by atoms with Gasteiger partial charge < -0.3 is 4.57 Å². The van der Waals surface area contributed by atoms with Crippen LogP contribution >= 0.6 is 0 Å². The van der Waals surface area contributed by atoms with Gasteiger partial charge in [-0.3, -0.25) is 14.9 Å². The third-order valence-electron chi connectivity index (χ3n) is 5.97. The topological polar surface area (TPSA) is 118 Å². The molecule has 2 aromatic carbocycles. The number of anilines is 1. The Labute approximate surface area is 189 Å². The summed E-state index contributed by atoms with van der Waals surface area (Å²) in [5, 5.41) is 17.1. The number of carbonyl (C=O) groups excluding carboxylic acids is 1. The molecule has 0 radical (unpaired) electrons. The monoisotopic (exact) mass is 441 g/mol. The zero-order valence-corrected chi connectivity index (χ0v) is 18.4. The Morgan fingerprint density at radius 1 is 1.06 bits per heavy atom. The van der Waals surface area contributed by atoms with E-state index in [4.69, 9.17) is 0 Å². The Hall–Kier alpha value is -4.14. The van der Waals surface area contributed by atoms with Gasteiger partial charge in [0.25, 0.3) is 5.56 Å². The van der Waals surface area contributed by atoms with Crippen molar-refractivity contribution in [1.82, 2.24) is 30.2 Å². The molecule has 0 bridgehead atoms. The summed E-state index contributed by atoms with van der Waals surface area (Å²) >= 11 is 0. The van der Waals surface area contributed by atoms with Crippen molar-refractivity contribution in [2.45, 2.75) is 39.2 Å². The number of rotatable bonds is 6. The highest BCUT2D eigenvalue weighted by Crippen LogP contribution is 2.32. The summed E-state index contributed by atoms with van der Waals surface area (Å²) in [6.07, 6.45) is 1.92. The maximum atomic E-state index is 13.0. The van der Waals surface area contributed by atoms with Gasteiger partial charge in [-0.05, 0) is 46.5 Å². The summed E-state index contributed by atoms with van der Waals surface area (Å²) < 4.78 is 1.86. The Kier molecular flexibility index (Phi) is 5.29. The molecule has 5 rings (SSSR count). The van der Waals surface area contributed by atoms with E-state index in [0.717, 1.165) is 34.4 Å². The van der Waals surface area contributed by atoms with E-state index in [0.29, 0.717) is 30.2 Å². The normalized spacial score (nSPS) is 14.8. The van der Waals surface area contributed by atoms with Gasteiger partial charge in [0.05, 0.1) is 0 Å². The van der Waals surface area contributed by atoms with Crippen molar-refractivity contribution >= 4 is 11.9 Å². The van der Waals surface area contributed by atoms with Crippen LogP contribution in [0.1, 0.15) is 43.1 Å². The predicted molar refractivity (Wildman–Crippen MR) is 124 cm³/mol. The number of fused-ring (bicyclic) bond motifs is 1. The van der Waals surface area contributed by atoms with Crippen molar-refractivity contribution in [1.29, 1.82) is 0 Å². The van der Waals surface area contributed by atoms with E-state index in [2.05, 4.69) is 37.8 Å². The molecular formula is C24H23N7O2. The number of hydrogen-bond acceptors (Lipinski definition) is 6. The molecule has 0 saturated carbocycles. The summed E-state index contributed by atoms with van der Waals surface area (Å²) in [7, 11) is 0. The molecule has 1 unspecified atom stereocenters. The minimum Gasteiger partial charge on any atom is -0.303 e. The second-order valence-electron chi connectivity index (χ2n) is 8.12. The van der Waals surface area contributed by atoms with Crippen molar-refractivity contribution in [3.05, 3.63) is 75.7 Å². The van der Waals surface area contributed by atoms with Crippen LogP contribution in [0.25, 0.3) is 22.5 Å². The second kappa shape index (κ2) is 8.42. The Morgan fingerprint density at radius 3 is 2.61 bits per heavy atom. The fourth-order valence-corrected chi connectivity index (χ4v) is 4.38. The number of carbonyl (C=O) groups is 1. The lowest BCUT2D eigenvalue weighted by Crippen LogP contribution is -2.23.